The van der Waals surface area contributed by atoms with E-state index in [1.807, 2.05) is 20.8 Å². The molecule has 0 aromatic carbocycles. The third kappa shape index (κ3) is 4.33. The number of rotatable bonds is 3. The number of ether oxygens (including phenoxy) is 2. The van der Waals surface area contributed by atoms with E-state index in [2.05, 4.69) is 5.32 Å². The topological polar surface area (TPSA) is 71.0 Å². The molecule has 2 heterocycles. The summed E-state index contributed by atoms with van der Waals surface area (Å²) in [5.74, 6) is 0. The van der Waals surface area contributed by atoms with Gasteiger partial charge in [-0.3, -0.25) is 0 Å². The average molecular weight is 286 g/mol. The molecular weight excluding hydrogens is 260 g/mol. The Balaban J connectivity index is 1.77. The maximum atomic E-state index is 12.0. The van der Waals surface area contributed by atoms with Gasteiger partial charge in [-0.05, 0) is 33.6 Å². The second kappa shape index (κ2) is 6.28. The van der Waals surface area contributed by atoms with Crippen LogP contribution in [0.1, 0.15) is 33.6 Å². The number of likely N-dealkylation sites (tertiary alicyclic amines) is 1. The van der Waals surface area contributed by atoms with Gasteiger partial charge in [0.25, 0.3) is 0 Å². The van der Waals surface area contributed by atoms with Gasteiger partial charge in [-0.15, -0.1) is 0 Å². The van der Waals surface area contributed by atoms with Crippen molar-refractivity contribution < 1.29 is 19.4 Å². The molecule has 20 heavy (non-hydrogen) atoms. The molecule has 1 amide bonds. The number of hydrogen-bond acceptors (Lipinski definition) is 5. The molecule has 0 aliphatic carbocycles. The van der Waals surface area contributed by atoms with Crippen molar-refractivity contribution >= 4 is 6.09 Å². The summed E-state index contributed by atoms with van der Waals surface area (Å²) < 4.78 is 10.9. The molecule has 2 aliphatic rings. The molecule has 0 aromatic rings. The van der Waals surface area contributed by atoms with Crippen LogP contribution in [0.4, 0.5) is 4.79 Å². The first-order valence-electron chi connectivity index (χ1n) is 7.36. The Hall–Kier alpha value is -0.850. The summed E-state index contributed by atoms with van der Waals surface area (Å²) in [7, 11) is 0. The molecular formula is C14H26N2O4. The fraction of sp³-hybridized carbons (Fsp3) is 0.929. The molecule has 3 atom stereocenters. The molecule has 2 N–H and O–H groups in total. The molecule has 0 radical (unpaired) electrons. The molecule has 2 aliphatic heterocycles. The summed E-state index contributed by atoms with van der Waals surface area (Å²) in [5, 5.41) is 13.3. The van der Waals surface area contributed by atoms with Crippen LogP contribution in [0.3, 0.4) is 0 Å². The lowest BCUT2D eigenvalue weighted by Crippen LogP contribution is -2.43. The van der Waals surface area contributed by atoms with Crippen LogP contribution in [0, 0.1) is 0 Å². The van der Waals surface area contributed by atoms with Gasteiger partial charge in [0.05, 0.1) is 24.8 Å². The lowest BCUT2D eigenvalue weighted by molar-refractivity contribution is 0.0270. The zero-order valence-electron chi connectivity index (χ0n) is 12.6. The fourth-order valence-electron chi connectivity index (χ4n) is 2.55. The molecule has 0 spiro atoms. The highest BCUT2D eigenvalue weighted by Crippen LogP contribution is 2.17. The van der Waals surface area contributed by atoms with E-state index in [0.717, 1.165) is 26.0 Å². The second-order valence-electron chi connectivity index (χ2n) is 6.60. The number of aliphatic hydroxyl groups is 1. The molecule has 0 saturated carbocycles. The Kier molecular flexibility index (Phi) is 4.88. The minimum atomic E-state index is -0.552. The van der Waals surface area contributed by atoms with E-state index < -0.39 is 11.7 Å². The first-order valence-corrected chi connectivity index (χ1v) is 7.36. The first-order chi connectivity index (χ1) is 9.35. The zero-order chi connectivity index (χ0) is 14.8. The van der Waals surface area contributed by atoms with Crippen LogP contribution in [0.15, 0.2) is 0 Å². The lowest BCUT2D eigenvalue weighted by atomic mass is 10.2. The van der Waals surface area contributed by atoms with Gasteiger partial charge in [-0.25, -0.2) is 4.79 Å². The Morgan fingerprint density at radius 2 is 2.20 bits per heavy atom. The van der Waals surface area contributed by atoms with Crippen LogP contribution in [0.5, 0.6) is 0 Å². The second-order valence-corrected chi connectivity index (χ2v) is 6.60. The smallest absolute Gasteiger partial charge is 0.410 e. The third-order valence-electron chi connectivity index (χ3n) is 3.57. The minimum Gasteiger partial charge on any atom is -0.444 e. The number of nitrogens with zero attached hydrogens (tertiary/aromatic N) is 1. The van der Waals surface area contributed by atoms with Crippen molar-refractivity contribution in [3.8, 4) is 0 Å². The normalized spacial score (nSPS) is 30.8. The van der Waals surface area contributed by atoms with Crippen molar-refractivity contribution in [1.29, 1.82) is 0 Å². The van der Waals surface area contributed by atoms with Crippen LogP contribution >= 0.6 is 0 Å². The van der Waals surface area contributed by atoms with Gasteiger partial charge >= 0.3 is 6.09 Å². The van der Waals surface area contributed by atoms with E-state index in [9.17, 15) is 9.90 Å². The molecule has 2 fully saturated rings. The van der Waals surface area contributed by atoms with Gasteiger partial charge < -0.3 is 24.8 Å². The van der Waals surface area contributed by atoms with Gasteiger partial charge in [0, 0.05) is 19.7 Å². The van der Waals surface area contributed by atoms with Crippen LogP contribution in [-0.4, -0.2) is 66.2 Å². The number of carbonyl (C=O) groups is 1. The summed E-state index contributed by atoms with van der Waals surface area (Å²) in [4.78, 5) is 13.5. The van der Waals surface area contributed by atoms with E-state index in [1.54, 1.807) is 4.90 Å². The Labute approximate surface area is 120 Å². The Bertz CT molecular complexity index is 337. The molecule has 6 heteroatoms. The molecule has 1 unspecified atom stereocenters. The maximum absolute atomic E-state index is 12.0. The van der Waals surface area contributed by atoms with Crippen LogP contribution in [0.25, 0.3) is 0 Å². The van der Waals surface area contributed by atoms with E-state index in [4.69, 9.17) is 9.47 Å². The van der Waals surface area contributed by atoms with Crippen LogP contribution in [-0.2, 0) is 9.47 Å². The van der Waals surface area contributed by atoms with E-state index in [0.29, 0.717) is 13.1 Å². The Morgan fingerprint density at radius 3 is 2.80 bits per heavy atom. The van der Waals surface area contributed by atoms with E-state index in [1.165, 1.54) is 0 Å². The summed E-state index contributed by atoms with van der Waals surface area (Å²) in [6.07, 6.45) is 1.48. The number of nitrogens with one attached hydrogen (secondary N) is 1. The number of β-amino-alcohol motifs (C(OH)–C–C–N with tert-alkyl or cyclic N) is 1. The van der Waals surface area contributed by atoms with Crippen LogP contribution < -0.4 is 5.32 Å². The highest BCUT2D eigenvalue weighted by molar-refractivity contribution is 5.68. The highest BCUT2D eigenvalue weighted by Gasteiger charge is 2.36. The molecule has 2 saturated heterocycles. The number of carbonyl (C=O) groups excluding carboxylic acids is 1. The molecule has 0 bridgehead atoms. The number of hydrogen-bond donors (Lipinski definition) is 2. The largest absolute Gasteiger partial charge is 0.444 e. The Morgan fingerprint density at radius 1 is 1.45 bits per heavy atom. The molecule has 6 nitrogen and oxygen atoms in total. The van der Waals surface area contributed by atoms with Crippen molar-refractivity contribution in [3.63, 3.8) is 0 Å². The highest BCUT2D eigenvalue weighted by atomic mass is 16.6. The molecule has 2 rings (SSSR count). The lowest BCUT2D eigenvalue weighted by Gasteiger charge is -2.24. The maximum Gasteiger partial charge on any atom is 0.410 e. The quantitative estimate of drug-likeness (QED) is 0.800. The average Bonchev–Trinajstić information content (AvgIpc) is 2.93. The van der Waals surface area contributed by atoms with E-state index >= 15 is 0 Å². The van der Waals surface area contributed by atoms with E-state index in [-0.39, 0.29) is 18.2 Å². The summed E-state index contributed by atoms with van der Waals surface area (Å²) in [5.41, 5.74) is -0.509. The molecule has 0 aromatic heterocycles. The summed E-state index contributed by atoms with van der Waals surface area (Å²) in [6.45, 7) is 7.86. The van der Waals surface area contributed by atoms with Crippen molar-refractivity contribution in [2.24, 2.45) is 0 Å². The monoisotopic (exact) mass is 286 g/mol. The van der Waals surface area contributed by atoms with Crippen molar-refractivity contribution in [3.05, 3.63) is 0 Å². The first kappa shape index (κ1) is 15.5. The van der Waals surface area contributed by atoms with Crippen molar-refractivity contribution in [1.82, 2.24) is 10.2 Å². The standard InChI is InChI=1S/C14H26N2O4/c1-14(2,3)20-13(18)16-8-11(12(17)9-16)15-7-10-5-4-6-19-10/h10-12,15,17H,4-9H2,1-3H3/t10?,11-,12-/m1/s1. The van der Waals surface area contributed by atoms with Gasteiger partial charge in [0.2, 0.25) is 0 Å². The van der Waals surface area contributed by atoms with Crippen molar-refractivity contribution in [2.45, 2.75) is 57.5 Å². The predicted octanol–water partition coefficient (Wildman–Crippen LogP) is 0.735. The number of aliphatic hydroxyl groups excluding tert-OH is 1. The zero-order valence-corrected chi connectivity index (χ0v) is 12.6. The SMILES string of the molecule is CC(C)(C)OC(=O)N1C[C@@H](O)[C@H](NCC2CCCO2)C1. The minimum absolute atomic E-state index is 0.105. The predicted molar refractivity (Wildman–Crippen MR) is 74.6 cm³/mol. The van der Waals surface area contributed by atoms with Crippen LogP contribution in [0.2, 0.25) is 0 Å². The third-order valence-corrected chi connectivity index (χ3v) is 3.57. The summed E-state index contributed by atoms with van der Waals surface area (Å²) >= 11 is 0. The van der Waals surface area contributed by atoms with Gasteiger partial charge in [0.1, 0.15) is 5.60 Å². The van der Waals surface area contributed by atoms with Gasteiger partial charge in [-0.2, -0.15) is 0 Å². The molecule has 116 valence electrons. The summed E-state index contributed by atoms with van der Waals surface area (Å²) in [6, 6.07) is -0.105. The van der Waals surface area contributed by atoms with Gasteiger partial charge in [0.15, 0.2) is 0 Å². The van der Waals surface area contributed by atoms with Gasteiger partial charge in [-0.1, -0.05) is 0 Å². The number of amides is 1. The fourth-order valence-corrected chi connectivity index (χ4v) is 2.55. The van der Waals surface area contributed by atoms with Crippen molar-refractivity contribution in [2.75, 3.05) is 26.2 Å².